The Bertz CT molecular complexity index is 854. The van der Waals surface area contributed by atoms with Gasteiger partial charge in [0.25, 0.3) is 0 Å². The molecule has 0 radical (unpaired) electrons. The van der Waals surface area contributed by atoms with Crippen LogP contribution in [0.1, 0.15) is 83.5 Å². The van der Waals surface area contributed by atoms with Crippen LogP contribution in [0.4, 0.5) is 4.79 Å². The average Bonchev–Trinajstić information content (AvgIpc) is 2.87. The fourth-order valence-electron chi connectivity index (χ4n) is 6.58. The highest BCUT2D eigenvalue weighted by Gasteiger charge is 2.29. The topological polar surface area (TPSA) is 103 Å². The van der Waals surface area contributed by atoms with Gasteiger partial charge in [0.05, 0.1) is 0 Å². The van der Waals surface area contributed by atoms with Crippen molar-refractivity contribution in [1.82, 2.24) is 25.8 Å². The number of carbonyl (C=O) groups excluding carboxylic acids is 3. The van der Waals surface area contributed by atoms with Gasteiger partial charge in [-0.25, -0.2) is 9.59 Å². The van der Waals surface area contributed by atoms with E-state index in [4.69, 9.17) is 4.74 Å². The Labute approximate surface area is 236 Å². The average molecular weight is 597 g/mol. The number of rotatable bonds is 8. The molecule has 38 heavy (non-hydrogen) atoms. The summed E-state index contributed by atoms with van der Waals surface area (Å²) in [6, 6.07) is 0.644. The highest BCUT2D eigenvalue weighted by molar-refractivity contribution is 9.09. The van der Waals surface area contributed by atoms with E-state index in [0.717, 1.165) is 76.6 Å². The van der Waals surface area contributed by atoms with Crippen LogP contribution in [0.5, 0.6) is 0 Å². The molecule has 1 heterocycles. The lowest BCUT2D eigenvalue weighted by molar-refractivity contribution is -0.141. The van der Waals surface area contributed by atoms with Crippen LogP contribution in [0.15, 0.2) is 12.1 Å². The molecule has 1 aliphatic heterocycles. The van der Waals surface area contributed by atoms with Crippen LogP contribution in [0.2, 0.25) is 0 Å². The number of likely N-dealkylation sites (N-methyl/N-ethyl adjacent to an activating group) is 1. The number of nitrogens with zero attached hydrogens (tertiary/aromatic N) is 2. The van der Waals surface area contributed by atoms with Crippen molar-refractivity contribution in [2.75, 3.05) is 27.2 Å². The molecule has 2 atom stereocenters. The second-order valence-corrected chi connectivity index (χ2v) is 13.1. The molecule has 2 unspecified atom stereocenters. The van der Waals surface area contributed by atoms with Crippen molar-refractivity contribution in [2.45, 2.75) is 106 Å². The van der Waals surface area contributed by atoms with Gasteiger partial charge in [-0.1, -0.05) is 28.8 Å². The molecule has 0 spiro atoms. The zero-order valence-corrected chi connectivity index (χ0v) is 24.6. The maximum Gasteiger partial charge on any atom is 0.330 e. The molecule has 0 aromatic rings. The van der Waals surface area contributed by atoms with Crippen molar-refractivity contribution < 1.29 is 19.1 Å². The molecule has 4 aliphatic rings. The number of hydrogen-bond donors (Lipinski definition) is 3. The molecule has 0 bridgehead atoms. The molecule has 0 saturated heterocycles. The first-order chi connectivity index (χ1) is 18.3. The largest absolute Gasteiger partial charge is 0.429 e. The fraction of sp³-hybridized carbons (Fsp3) is 0.821. The van der Waals surface area contributed by atoms with Crippen LogP contribution < -0.4 is 16.0 Å². The minimum atomic E-state index is -0.226. The van der Waals surface area contributed by atoms with Gasteiger partial charge in [-0.15, -0.1) is 0 Å². The molecular weight excluding hydrogens is 550 g/mol. The SMILES string of the molecule is CN1CC(=O)OC=C1N(C)CC1CCC(NC(=O)CC2CCC(NC(=O)NC3CCCCC3Br)CC2)CC1. The minimum Gasteiger partial charge on any atom is -0.429 e. The molecular formula is C28H46BrN5O4. The van der Waals surface area contributed by atoms with Crippen molar-refractivity contribution >= 4 is 33.8 Å². The van der Waals surface area contributed by atoms with Crippen LogP contribution in [-0.2, 0) is 14.3 Å². The Morgan fingerprint density at radius 2 is 1.58 bits per heavy atom. The van der Waals surface area contributed by atoms with Crippen molar-refractivity contribution in [2.24, 2.45) is 11.8 Å². The number of amides is 3. The van der Waals surface area contributed by atoms with Gasteiger partial charge in [-0.05, 0) is 76.0 Å². The number of esters is 1. The Morgan fingerprint density at radius 3 is 2.24 bits per heavy atom. The molecule has 0 aromatic heterocycles. The van der Waals surface area contributed by atoms with E-state index in [-0.39, 0.29) is 42.6 Å². The number of nitrogens with one attached hydrogen (secondary N) is 3. The lowest BCUT2D eigenvalue weighted by Crippen LogP contribution is -2.50. The van der Waals surface area contributed by atoms with Crippen LogP contribution in [0.3, 0.4) is 0 Å². The molecule has 3 amide bonds. The zero-order valence-electron chi connectivity index (χ0n) is 23.1. The van der Waals surface area contributed by atoms with Crippen molar-refractivity contribution in [3.05, 3.63) is 12.1 Å². The minimum absolute atomic E-state index is 0.0461. The van der Waals surface area contributed by atoms with Gasteiger partial charge in [0.1, 0.15) is 18.6 Å². The Morgan fingerprint density at radius 1 is 0.947 bits per heavy atom. The van der Waals surface area contributed by atoms with Gasteiger partial charge in [0, 0.05) is 50.0 Å². The first-order valence-electron chi connectivity index (χ1n) is 14.6. The third-order valence-electron chi connectivity index (χ3n) is 8.84. The molecule has 4 rings (SSSR count). The number of alkyl halides is 1. The standard InChI is InChI=1S/C28H46BrN5O4/c1-33(26-18-38-27(36)17-34(26)2)16-20-9-13-21(14-10-20)30-25(35)15-19-7-11-22(12-8-19)31-28(37)32-24-6-4-3-5-23(24)29/h18-24H,3-17H2,1-2H3,(H,30,35)(H2,31,32,37). The zero-order chi connectivity index (χ0) is 27.1. The summed E-state index contributed by atoms with van der Waals surface area (Å²) in [4.78, 5) is 41.1. The molecule has 0 aromatic carbocycles. The third kappa shape index (κ3) is 8.52. The van der Waals surface area contributed by atoms with Crippen molar-refractivity contribution in [1.29, 1.82) is 0 Å². The van der Waals surface area contributed by atoms with Gasteiger partial charge in [0.15, 0.2) is 0 Å². The van der Waals surface area contributed by atoms with Crippen LogP contribution in [0.25, 0.3) is 0 Å². The second kappa shape index (κ2) is 13.9. The first kappa shape index (κ1) is 29.0. The monoisotopic (exact) mass is 595 g/mol. The molecule has 3 fully saturated rings. The Hall–Kier alpha value is -1.97. The lowest BCUT2D eigenvalue weighted by atomic mass is 9.83. The van der Waals surface area contributed by atoms with Gasteiger partial charge in [0.2, 0.25) is 5.91 Å². The van der Waals surface area contributed by atoms with E-state index >= 15 is 0 Å². The number of cyclic esters (lactones) is 1. The lowest BCUT2D eigenvalue weighted by Gasteiger charge is -2.36. The van der Waals surface area contributed by atoms with E-state index in [1.807, 2.05) is 19.0 Å². The quantitative estimate of drug-likeness (QED) is 0.291. The van der Waals surface area contributed by atoms with E-state index in [0.29, 0.717) is 23.1 Å². The van der Waals surface area contributed by atoms with E-state index < -0.39 is 0 Å². The van der Waals surface area contributed by atoms with E-state index in [2.05, 4.69) is 36.8 Å². The molecule has 3 saturated carbocycles. The number of carbonyl (C=O) groups is 3. The first-order valence-corrected chi connectivity index (χ1v) is 15.5. The highest BCUT2D eigenvalue weighted by Crippen LogP contribution is 2.29. The summed E-state index contributed by atoms with van der Waals surface area (Å²) < 4.78 is 5.09. The molecule has 3 N–H and O–H groups in total. The molecule has 214 valence electrons. The van der Waals surface area contributed by atoms with Gasteiger partial charge >= 0.3 is 12.0 Å². The summed E-state index contributed by atoms with van der Waals surface area (Å²) in [6.07, 6.45) is 14.7. The van der Waals surface area contributed by atoms with Gasteiger partial charge in [-0.2, -0.15) is 0 Å². The Kier molecular flexibility index (Phi) is 10.6. The summed E-state index contributed by atoms with van der Waals surface area (Å²) in [5.41, 5.74) is 0. The molecule has 10 heteroatoms. The van der Waals surface area contributed by atoms with Crippen LogP contribution >= 0.6 is 15.9 Å². The number of hydrogen-bond acceptors (Lipinski definition) is 6. The van der Waals surface area contributed by atoms with Gasteiger partial charge in [-0.3, -0.25) is 4.79 Å². The summed E-state index contributed by atoms with van der Waals surface area (Å²) >= 11 is 3.71. The van der Waals surface area contributed by atoms with E-state index in [1.54, 1.807) is 6.26 Å². The number of urea groups is 1. The summed E-state index contributed by atoms with van der Waals surface area (Å²) in [5.74, 6) is 1.86. The summed E-state index contributed by atoms with van der Waals surface area (Å²) in [6.45, 7) is 1.20. The fourth-order valence-corrected chi connectivity index (χ4v) is 7.30. The van der Waals surface area contributed by atoms with E-state index in [9.17, 15) is 14.4 Å². The predicted octanol–water partition coefficient (Wildman–Crippen LogP) is 3.83. The highest BCUT2D eigenvalue weighted by atomic mass is 79.9. The normalized spacial score (nSPS) is 32.0. The van der Waals surface area contributed by atoms with Crippen molar-refractivity contribution in [3.8, 4) is 0 Å². The predicted molar refractivity (Wildman–Crippen MR) is 150 cm³/mol. The van der Waals surface area contributed by atoms with Gasteiger partial charge < -0.3 is 30.5 Å². The van der Waals surface area contributed by atoms with E-state index in [1.165, 1.54) is 12.8 Å². The third-order valence-corrected chi connectivity index (χ3v) is 9.94. The van der Waals surface area contributed by atoms with Crippen LogP contribution in [-0.4, -0.2) is 77.8 Å². The summed E-state index contributed by atoms with van der Waals surface area (Å²) in [5, 5.41) is 9.61. The van der Waals surface area contributed by atoms with Crippen LogP contribution in [0, 0.1) is 11.8 Å². The summed E-state index contributed by atoms with van der Waals surface area (Å²) in [7, 11) is 3.95. The smallest absolute Gasteiger partial charge is 0.330 e. The molecule has 3 aliphatic carbocycles. The maximum atomic E-state index is 12.8. The number of halogens is 1. The second-order valence-electron chi connectivity index (χ2n) is 11.9. The maximum absolute atomic E-state index is 12.8. The Balaban J connectivity index is 1.09. The molecule has 9 nitrogen and oxygen atoms in total. The number of ether oxygens (including phenoxy) is 1. The van der Waals surface area contributed by atoms with Crippen molar-refractivity contribution in [3.63, 3.8) is 0 Å².